The quantitative estimate of drug-likeness (QED) is 0.874. The van der Waals surface area contributed by atoms with E-state index in [0.29, 0.717) is 0 Å². The molecule has 0 aliphatic heterocycles. The second-order valence-electron chi connectivity index (χ2n) is 6.76. The monoisotopic (exact) mass is 311 g/mol. The summed E-state index contributed by atoms with van der Waals surface area (Å²) in [6.07, 6.45) is 0.983. The molecular formula is C17H29NO2S. The molecule has 1 aromatic rings. The fourth-order valence-corrected chi connectivity index (χ4v) is 3.42. The Hall–Kier alpha value is -0.870. The zero-order valence-corrected chi connectivity index (χ0v) is 15.0. The van der Waals surface area contributed by atoms with Crippen LogP contribution in [0.1, 0.15) is 56.8 Å². The van der Waals surface area contributed by atoms with Gasteiger partial charge in [-0.3, -0.25) is 0 Å². The topological polar surface area (TPSA) is 46.2 Å². The van der Waals surface area contributed by atoms with Gasteiger partial charge >= 0.3 is 0 Å². The van der Waals surface area contributed by atoms with E-state index in [1.54, 1.807) is 20.8 Å². The second kappa shape index (κ2) is 6.93. The van der Waals surface area contributed by atoms with Crippen molar-refractivity contribution in [1.29, 1.82) is 0 Å². The van der Waals surface area contributed by atoms with Gasteiger partial charge in [-0.1, -0.05) is 30.7 Å². The maximum atomic E-state index is 12.6. The van der Waals surface area contributed by atoms with Gasteiger partial charge in [0.2, 0.25) is 0 Å². The summed E-state index contributed by atoms with van der Waals surface area (Å²) in [6.45, 7) is 12.3. The highest BCUT2D eigenvalue weighted by Crippen LogP contribution is 2.25. The standard InChI is InChI=1S/C17H29NO2S/c1-7-10-18-16(12-21(19,20)17(4,5)6)15-11-13(2)8-9-14(15)3/h8-9,11,16,18H,7,10,12H2,1-6H3. The molecule has 0 fully saturated rings. The zero-order chi connectivity index (χ0) is 16.3. The maximum absolute atomic E-state index is 12.6. The highest BCUT2D eigenvalue weighted by Gasteiger charge is 2.32. The molecule has 0 aliphatic carbocycles. The molecular weight excluding hydrogens is 282 g/mol. The van der Waals surface area contributed by atoms with E-state index >= 15 is 0 Å². The fraction of sp³-hybridized carbons (Fsp3) is 0.647. The minimum atomic E-state index is -3.17. The molecule has 0 heterocycles. The van der Waals surface area contributed by atoms with Gasteiger partial charge in [0.05, 0.1) is 10.5 Å². The van der Waals surface area contributed by atoms with Crippen molar-refractivity contribution in [2.24, 2.45) is 0 Å². The maximum Gasteiger partial charge on any atom is 0.157 e. The second-order valence-corrected chi connectivity index (χ2v) is 9.55. The fourth-order valence-electron chi connectivity index (χ4n) is 2.18. The number of nitrogens with one attached hydrogen (secondary N) is 1. The molecule has 21 heavy (non-hydrogen) atoms. The SMILES string of the molecule is CCCNC(CS(=O)(=O)C(C)(C)C)c1cc(C)ccc1C. The average Bonchev–Trinajstić information content (AvgIpc) is 2.36. The van der Waals surface area contributed by atoms with Crippen LogP contribution in [-0.4, -0.2) is 25.5 Å². The van der Waals surface area contributed by atoms with Crippen molar-refractivity contribution in [3.05, 3.63) is 34.9 Å². The summed E-state index contributed by atoms with van der Waals surface area (Å²) in [5.41, 5.74) is 3.39. The van der Waals surface area contributed by atoms with Crippen molar-refractivity contribution >= 4 is 9.84 Å². The predicted octanol–water partition coefficient (Wildman–Crippen LogP) is 3.56. The summed E-state index contributed by atoms with van der Waals surface area (Å²) in [5, 5.41) is 3.40. The summed E-state index contributed by atoms with van der Waals surface area (Å²) in [6, 6.07) is 6.08. The molecule has 1 N–H and O–H groups in total. The van der Waals surface area contributed by atoms with E-state index in [4.69, 9.17) is 0 Å². The molecule has 0 saturated heterocycles. The predicted molar refractivity (Wildman–Crippen MR) is 90.5 cm³/mol. The lowest BCUT2D eigenvalue weighted by molar-refractivity contribution is 0.525. The molecule has 0 bridgehead atoms. The van der Waals surface area contributed by atoms with Crippen LogP contribution < -0.4 is 5.32 Å². The van der Waals surface area contributed by atoms with Gasteiger partial charge in [0.15, 0.2) is 9.84 Å². The first-order valence-electron chi connectivity index (χ1n) is 7.61. The largest absolute Gasteiger partial charge is 0.309 e. The molecule has 4 heteroatoms. The highest BCUT2D eigenvalue weighted by atomic mass is 32.2. The number of aryl methyl sites for hydroxylation is 2. The summed E-state index contributed by atoms with van der Waals surface area (Å²) < 4.78 is 24.4. The third-order valence-corrected chi connectivity index (χ3v) is 6.41. The zero-order valence-electron chi connectivity index (χ0n) is 14.2. The van der Waals surface area contributed by atoms with Gasteiger partial charge in [-0.15, -0.1) is 0 Å². The molecule has 0 aliphatic rings. The van der Waals surface area contributed by atoms with Crippen LogP contribution in [0.15, 0.2) is 18.2 Å². The van der Waals surface area contributed by atoms with E-state index in [9.17, 15) is 8.42 Å². The number of hydrogen-bond acceptors (Lipinski definition) is 3. The summed E-state index contributed by atoms with van der Waals surface area (Å²) >= 11 is 0. The summed E-state index contributed by atoms with van der Waals surface area (Å²) in [7, 11) is -3.17. The Morgan fingerprint density at radius 3 is 2.33 bits per heavy atom. The first-order valence-corrected chi connectivity index (χ1v) is 9.26. The number of sulfone groups is 1. The van der Waals surface area contributed by atoms with E-state index in [-0.39, 0.29) is 11.8 Å². The van der Waals surface area contributed by atoms with Crippen LogP contribution in [0.5, 0.6) is 0 Å². The smallest absolute Gasteiger partial charge is 0.157 e. The Morgan fingerprint density at radius 2 is 1.81 bits per heavy atom. The number of rotatable bonds is 6. The van der Waals surface area contributed by atoms with Gasteiger partial charge in [0.25, 0.3) is 0 Å². The van der Waals surface area contributed by atoms with Gasteiger partial charge in [0.1, 0.15) is 0 Å². The Kier molecular flexibility index (Phi) is 6.00. The van der Waals surface area contributed by atoms with Gasteiger partial charge in [-0.05, 0) is 58.7 Å². The lowest BCUT2D eigenvalue weighted by atomic mass is 10.00. The van der Waals surface area contributed by atoms with Crippen LogP contribution in [0, 0.1) is 13.8 Å². The molecule has 0 radical (unpaired) electrons. The van der Waals surface area contributed by atoms with Gasteiger partial charge in [0, 0.05) is 6.04 Å². The normalized spacial score (nSPS) is 14.2. The van der Waals surface area contributed by atoms with Gasteiger partial charge < -0.3 is 5.32 Å². The van der Waals surface area contributed by atoms with Gasteiger partial charge in [-0.2, -0.15) is 0 Å². The Morgan fingerprint density at radius 1 is 1.19 bits per heavy atom. The molecule has 0 aromatic heterocycles. The Balaban J connectivity index is 3.15. The van der Waals surface area contributed by atoms with Crippen molar-refractivity contribution in [2.45, 2.75) is 58.8 Å². The van der Waals surface area contributed by atoms with E-state index in [1.165, 1.54) is 0 Å². The van der Waals surface area contributed by atoms with E-state index < -0.39 is 14.6 Å². The lowest BCUT2D eigenvalue weighted by Crippen LogP contribution is -2.37. The molecule has 3 nitrogen and oxygen atoms in total. The summed E-state index contributed by atoms with van der Waals surface area (Å²) in [4.78, 5) is 0. The van der Waals surface area contributed by atoms with Crippen LogP contribution in [0.2, 0.25) is 0 Å². The molecule has 120 valence electrons. The van der Waals surface area contributed by atoms with Crippen molar-refractivity contribution in [1.82, 2.24) is 5.32 Å². The third kappa shape index (κ3) is 4.82. The molecule has 0 amide bonds. The summed E-state index contributed by atoms with van der Waals surface area (Å²) in [5.74, 6) is 0.140. The highest BCUT2D eigenvalue weighted by molar-refractivity contribution is 7.92. The van der Waals surface area contributed by atoms with E-state index in [2.05, 4.69) is 30.4 Å². The first kappa shape index (κ1) is 18.2. The van der Waals surface area contributed by atoms with Crippen LogP contribution in [0.3, 0.4) is 0 Å². The van der Waals surface area contributed by atoms with Crippen molar-refractivity contribution in [3.63, 3.8) is 0 Å². The first-order chi connectivity index (χ1) is 9.58. The molecule has 1 rings (SSSR count). The average molecular weight is 311 g/mol. The molecule has 0 saturated carbocycles. The minimum absolute atomic E-state index is 0.140. The van der Waals surface area contributed by atoms with E-state index in [0.717, 1.165) is 29.7 Å². The van der Waals surface area contributed by atoms with Crippen LogP contribution in [0.25, 0.3) is 0 Å². The minimum Gasteiger partial charge on any atom is -0.309 e. The van der Waals surface area contributed by atoms with Crippen LogP contribution in [0.4, 0.5) is 0 Å². The van der Waals surface area contributed by atoms with E-state index in [1.807, 2.05) is 13.8 Å². The molecule has 0 spiro atoms. The van der Waals surface area contributed by atoms with Crippen LogP contribution >= 0.6 is 0 Å². The van der Waals surface area contributed by atoms with Gasteiger partial charge in [-0.25, -0.2) is 8.42 Å². The molecule has 1 aromatic carbocycles. The Labute approximate surface area is 130 Å². The number of hydrogen-bond donors (Lipinski definition) is 1. The Bertz CT molecular complexity index is 571. The molecule has 1 atom stereocenters. The van der Waals surface area contributed by atoms with Crippen molar-refractivity contribution < 1.29 is 8.42 Å². The lowest BCUT2D eigenvalue weighted by Gasteiger charge is -2.26. The molecule has 1 unspecified atom stereocenters. The van der Waals surface area contributed by atoms with Crippen molar-refractivity contribution in [2.75, 3.05) is 12.3 Å². The number of benzene rings is 1. The third-order valence-electron chi connectivity index (χ3n) is 3.77. The van der Waals surface area contributed by atoms with Crippen molar-refractivity contribution in [3.8, 4) is 0 Å². The van der Waals surface area contributed by atoms with Crippen LogP contribution in [-0.2, 0) is 9.84 Å².